The quantitative estimate of drug-likeness (QED) is 0.583. The van der Waals surface area contributed by atoms with E-state index in [0.717, 1.165) is 3.57 Å². The van der Waals surface area contributed by atoms with Crippen LogP contribution >= 0.6 is 22.6 Å². The second-order valence-corrected chi connectivity index (χ2v) is 6.54. The van der Waals surface area contributed by atoms with Gasteiger partial charge in [0.15, 0.2) is 12.4 Å². The largest absolute Gasteiger partial charge is 0.452 e. The Hall–Kier alpha value is -1.90. The normalized spacial score (nSPS) is 10.7. The van der Waals surface area contributed by atoms with Gasteiger partial charge in [-0.3, -0.25) is 4.79 Å². The molecule has 0 radical (unpaired) electrons. The fourth-order valence-electron chi connectivity index (χ4n) is 2.00. The monoisotopic (exact) mass is 428 g/mol. The zero-order valence-corrected chi connectivity index (χ0v) is 15.2. The number of carbonyl (C=O) groups excluding carboxylic acids is 2. The van der Waals surface area contributed by atoms with E-state index in [2.05, 4.69) is 33.1 Å². The van der Waals surface area contributed by atoms with Gasteiger partial charge >= 0.3 is 5.97 Å². The van der Waals surface area contributed by atoms with E-state index in [1.165, 1.54) is 0 Å². The van der Waals surface area contributed by atoms with E-state index in [9.17, 15) is 9.59 Å². The molecule has 0 spiro atoms. The van der Waals surface area contributed by atoms with Crippen molar-refractivity contribution >= 4 is 40.2 Å². The molecule has 0 fully saturated rings. The summed E-state index contributed by atoms with van der Waals surface area (Å²) in [5, 5.41) is 6.46. The fraction of sp³-hybridized carbons (Fsp3) is 0.312. The first-order chi connectivity index (χ1) is 10.9. The van der Waals surface area contributed by atoms with Crippen molar-refractivity contribution in [2.45, 2.75) is 26.7 Å². The lowest BCUT2D eigenvalue weighted by Gasteiger charge is -2.08. The van der Waals surface area contributed by atoms with E-state index in [1.807, 2.05) is 32.0 Å². The molecular formula is C16H17IN2O4. The average Bonchev–Trinajstić information content (AvgIpc) is 2.87. The minimum atomic E-state index is -0.606. The summed E-state index contributed by atoms with van der Waals surface area (Å²) in [5.41, 5.74) is 1.40. The third-order valence-electron chi connectivity index (χ3n) is 3.06. The van der Waals surface area contributed by atoms with Gasteiger partial charge < -0.3 is 14.6 Å². The maximum atomic E-state index is 12.2. The van der Waals surface area contributed by atoms with Crippen molar-refractivity contribution in [3.8, 4) is 0 Å². The van der Waals surface area contributed by atoms with Crippen LogP contribution in [0.15, 0.2) is 28.8 Å². The van der Waals surface area contributed by atoms with E-state index in [0.29, 0.717) is 22.7 Å². The highest BCUT2D eigenvalue weighted by atomic mass is 127. The van der Waals surface area contributed by atoms with Crippen molar-refractivity contribution in [2.75, 3.05) is 11.9 Å². The summed E-state index contributed by atoms with van der Waals surface area (Å²) >= 11 is 2.15. The van der Waals surface area contributed by atoms with Crippen molar-refractivity contribution in [3.05, 3.63) is 44.9 Å². The van der Waals surface area contributed by atoms with E-state index in [-0.39, 0.29) is 12.5 Å². The molecule has 2 rings (SSSR count). The van der Waals surface area contributed by atoms with Gasteiger partial charge in [-0.25, -0.2) is 4.79 Å². The van der Waals surface area contributed by atoms with Crippen LogP contribution in [0.4, 0.5) is 5.69 Å². The summed E-state index contributed by atoms with van der Waals surface area (Å²) < 4.78 is 11.2. The number of rotatable bonds is 5. The average molecular weight is 428 g/mol. The molecule has 1 aromatic heterocycles. The Bertz CT molecular complexity index is 725. The molecule has 1 amide bonds. The number of halogens is 1. The first-order valence-corrected chi connectivity index (χ1v) is 8.15. The second kappa shape index (κ2) is 7.58. The number of anilines is 1. The van der Waals surface area contributed by atoms with Gasteiger partial charge in [0.25, 0.3) is 5.91 Å². The third-order valence-corrected chi connectivity index (χ3v) is 3.73. The van der Waals surface area contributed by atoms with Crippen LogP contribution in [-0.2, 0) is 9.53 Å². The Kier molecular flexibility index (Phi) is 5.75. The number of nitrogens with one attached hydrogen (secondary N) is 1. The molecular weight excluding hydrogens is 411 g/mol. The molecule has 0 aliphatic carbocycles. The topological polar surface area (TPSA) is 81.4 Å². The van der Waals surface area contributed by atoms with E-state index in [1.54, 1.807) is 13.0 Å². The van der Waals surface area contributed by atoms with Crippen molar-refractivity contribution in [1.82, 2.24) is 5.16 Å². The second-order valence-electron chi connectivity index (χ2n) is 5.30. The highest BCUT2D eigenvalue weighted by molar-refractivity contribution is 14.1. The number of amides is 1. The Morgan fingerprint density at radius 3 is 2.78 bits per heavy atom. The Morgan fingerprint density at radius 2 is 2.13 bits per heavy atom. The highest BCUT2D eigenvalue weighted by Crippen LogP contribution is 2.23. The number of carbonyl (C=O) groups is 2. The molecule has 2 aromatic rings. The van der Waals surface area contributed by atoms with Crippen LogP contribution in [0.5, 0.6) is 0 Å². The summed E-state index contributed by atoms with van der Waals surface area (Å²) in [5.74, 6) is -0.546. The molecule has 6 nitrogen and oxygen atoms in total. The predicted octanol–water partition coefficient (Wildman–Crippen LogP) is 3.51. The Balaban J connectivity index is 1.97. The maximum Gasteiger partial charge on any atom is 0.344 e. The minimum Gasteiger partial charge on any atom is -0.452 e. The molecule has 122 valence electrons. The number of benzene rings is 1. The van der Waals surface area contributed by atoms with Gasteiger partial charge in [0.2, 0.25) is 0 Å². The molecule has 1 aromatic carbocycles. The van der Waals surface area contributed by atoms with Crippen LogP contribution in [0.3, 0.4) is 0 Å². The van der Waals surface area contributed by atoms with Crippen molar-refractivity contribution < 1.29 is 18.8 Å². The van der Waals surface area contributed by atoms with Gasteiger partial charge in [0.1, 0.15) is 5.56 Å². The Morgan fingerprint density at radius 1 is 1.39 bits per heavy atom. The van der Waals surface area contributed by atoms with E-state index < -0.39 is 11.9 Å². The fourth-order valence-corrected chi connectivity index (χ4v) is 2.54. The number of esters is 1. The SMILES string of the molecule is Cc1noc(C(C)C)c1C(=O)OCC(=O)Nc1cccc(I)c1. The zero-order chi connectivity index (χ0) is 17.0. The molecule has 0 unspecified atom stereocenters. The van der Waals surface area contributed by atoms with Crippen molar-refractivity contribution in [2.24, 2.45) is 0 Å². The smallest absolute Gasteiger partial charge is 0.344 e. The predicted molar refractivity (Wildman–Crippen MR) is 93.4 cm³/mol. The van der Waals surface area contributed by atoms with Gasteiger partial charge in [-0.1, -0.05) is 25.1 Å². The molecule has 0 bridgehead atoms. The van der Waals surface area contributed by atoms with Crippen molar-refractivity contribution in [1.29, 1.82) is 0 Å². The van der Waals surface area contributed by atoms with Gasteiger partial charge in [0.05, 0.1) is 5.69 Å². The molecule has 0 saturated carbocycles. The first kappa shape index (κ1) is 17.5. The van der Waals surface area contributed by atoms with E-state index in [4.69, 9.17) is 9.26 Å². The summed E-state index contributed by atoms with van der Waals surface area (Å²) in [6.45, 7) is 5.07. The third kappa shape index (κ3) is 4.54. The number of hydrogen-bond acceptors (Lipinski definition) is 5. The van der Waals surface area contributed by atoms with Crippen LogP contribution < -0.4 is 5.32 Å². The molecule has 23 heavy (non-hydrogen) atoms. The molecule has 1 heterocycles. The first-order valence-electron chi connectivity index (χ1n) is 7.07. The van der Waals surface area contributed by atoms with Crippen LogP contribution in [-0.4, -0.2) is 23.6 Å². The summed E-state index contributed by atoms with van der Waals surface area (Å²) in [4.78, 5) is 24.0. The molecule has 0 saturated heterocycles. The van der Waals surface area contributed by atoms with Crippen LogP contribution in [0.25, 0.3) is 0 Å². The standard InChI is InChI=1S/C16H17IN2O4/c1-9(2)15-14(10(3)19-23-15)16(21)22-8-13(20)18-12-6-4-5-11(17)7-12/h4-7,9H,8H2,1-3H3,(H,18,20). The van der Waals surface area contributed by atoms with Gasteiger partial charge in [0, 0.05) is 15.2 Å². The van der Waals surface area contributed by atoms with Crippen LogP contribution in [0.1, 0.15) is 41.6 Å². The number of nitrogens with zero attached hydrogens (tertiary/aromatic N) is 1. The van der Waals surface area contributed by atoms with Gasteiger partial charge in [-0.15, -0.1) is 0 Å². The highest BCUT2D eigenvalue weighted by Gasteiger charge is 2.24. The summed E-state index contributed by atoms with van der Waals surface area (Å²) in [6, 6.07) is 7.33. The zero-order valence-electron chi connectivity index (χ0n) is 13.1. The summed E-state index contributed by atoms with van der Waals surface area (Å²) in [7, 11) is 0. The lowest BCUT2D eigenvalue weighted by atomic mass is 10.1. The number of ether oxygens (including phenoxy) is 1. The lowest BCUT2D eigenvalue weighted by Crippen LogP contribution is -2.21. The van der Waals surface area contributed by atoms with Gasteiger partial charge in [-0.2, -0.15) is 0 Å². The molecule has 7 heteroatoms. The molecule has 0 aliphatic rings. The van der Waals surface area contributed by atoms with Crippen LogP contribution in [0.2, 0.25) is 0 Å². The van der Waals surface area contributed by atoms with E-state index >= 15 is 0 Å². The summed E-state index contributed by atoms with van der Waals surface area (Å²) in [6.07, 6.45) is 0. The van der Waals surface area contributed by atoms with Crippen LogP contribution in [0, 0.1) is 10.5 Å². The lowest BCUT2D eigenvalue weighted by molar-refractivity contribution is -0.119. The Labute approximate surface area is 147 Å². The molecule has 1 N–H and O–H groups in total. The number of hydrogen-bond donors (Lipinski definition) is 1. The molecule has 0 aliphatic heterocycles. The van der Waals surface area contributed by atoms with Gasteiger partial charge in [-0.05, 0) is 47.7 Å². The molecule has 0 atom stereocenters. The minimum absolute atomic E-state index is 0.000953. The maximum absolute atomic E-state index is 12.2. The number of aromatic nitrogens is 1. The number of aryl methyl sites for hydroxylation is 1. The van der Waals surface area contributed by atoms with Crippen molar-refractivity contribution in [3.63, 3.8) is 0 Å².